The molecule has 1 N–H and O–H groups in total. The van der Waals surface area contributed by atoms with Crippen LogP contribution in [0.3, 0.4) is 0 Å². The van der Waals surface area contributed by atoms with Crippen LogP contribution in [0.2, 0.25) is 0 Å². The van der Waals surface area contributed by atoms with Gasteiger partial charge in [0.15, 0.2) is 5.69 Å². The first-order chi connectivity index (χ1) is 15.4. The lowest BCUT2D eigenvalue weighted by Crippen LogP contribution is -2.32. The van der Waals surface area contributed by atoms with Gasteiger partial charge >= 0.3 is 5.97 Å². The molecule has 6 nitrogen and oxygen atoms in total. The van der Waals surface area contributed by atoms with Crippen LogP contribution in [0.15, 0.2) is 60.7 Å². The summed E-state index contributed by atoms with van der Waals surface area (Å²) in [7, 11) is 0. The molecule has 1 aromatic heterocycles. The Balaban J connectivity index is 1.67. The van der Waals surface area contributed by atoms with Crippen molar-refractivity contribution in [3.63, 3.8) is 0 Å². The summed E-state index contributed by atoms with van der Waals surface area (Å²) in [4.78, 5) is 24.8. The minimum atomic E-state index is -0.436. The summed E-state index contributed by atoms with van der Waals surface area (Å²) in [5, 5.41) is 7.50. The highest BCUT2D eigenvalue weighted by atomic mass is 16.5. The second-order valence-corrected chi connectivity index (χ2v) is 8.19. The molecular formula is C26H31N3O3. The van der Waals surface area contributed by atoms with Gasteiger partial charge in [-0.25, -0.2) is 9.48 Å². The molecule has 0 aliphatic rings. The van der Waals surface area contributed by atoms with Crippen molar-refractivity contribution in [1.82, 2.24) is 15.1 Å². The lowest BCUT2D eigenvalue weighted by Gasteiger charge is -2.15. The lowest BCUT2D eigenvalue weighted by atomic mass is 10.1. The Labute approximate surface area is 189 Å². The summed E-state index contributed by atoms with van der Waals surface area (Å²) in [6.07, 6.45) is 1.79. The number of esters is 1. The smallest absolute Gasteiger partial charge is 0.358 e. The number of ether oxygens (including phenoxy) is 1. The predicted octanol–water partition coefficient (Wildman–Crippen LogP) is 4.92. The molecule has 2 aromatic carbocycles. The first kappa shape index (κ1) is 23.3. The lowest BCUT2D eigenvalue weighted by molar-refractivity contribution is 0.0518. The second kappa shape index (κ2) is 10.8. The fourth-order valence-corrected chi connectivity index (χ4v) is 3.48. The van der Waals surface area contributed by atoms with Gasteiger partial charge in [-0.2, -0.15) is 5.10 Å². The van der Waals surface area contributed by atoms with Crippen LogP contribution in [0, 0.1) is 0 Å². The van der Waals surface area contributed by atoms with Crippen molar-refractivity contribution in [2.45, 2.75) is 52.5 Å². The number of aromatic nitrogens is 2. The molecule has 0 aliphatic heterocycles. The van der Waals surface area contributed by atoms with Crippen molar-refractivity contribution in [3.05, 3.63) is 83.2 Å². The van der Waals surface area contributed by atoms with Crippen molar-refractivity contribution < 1.29 is 14.3 Å². The Bertz CT molecular complexity index is 1040. The van der Waals surface area contributed by atoms with E-state index in [4.69, 9.17) is 4.74 Å². The maximum absolute atomic E-state index is 12.7. The minimum absolute atomic E-state index is 0.0631. The number of carbonyl (C=O) groups excluding carboxylic acids is 2. The molecule has 168 valence electrons. The van der Waals surface area contributed by atoms with Crippen molar-refractivity contribution in [2.75, 3.05) is 6.61 Å². The molecule has 0 spiro atoms. The Morgan fingerprint density at radius 2 is 1.72 bits per heavy atom. The molecule has 1 atom stereocenters. The van der Waals surface area contributed by atoms with Gasteiger partial charge in [0, 0.05) is 17.3 Å². The molecular weight excluding hydrogens is 402 g/mol. The predicted molar refractivity (Wildman–Crippen MR) is 125 cm³/mol. The van der Waals surface area contributed by atoms with E-state index < -0.39 is 5.97 Å². The van der Waals surface area contributed by atoms with Crippen LogP contribution in [-0.2, 0) is 11.2 Å². The maximum atomic E-state index is 12.7. The molecule has 1 amide bonds. The van der Waals surface area contributed by atoms with Gasteiger partial charge in [-0.1, -0.05) is 44.2 Å². The number of hydrogen-bond donors (Lipinski definition) is 1. The molecule has 0 fully saturated rings. The van der Waals surface area contributed by atoms with Crippen LogP contribution in [0.1, 0.15) is 72.1 Å². The minimum Gasteiger partial charge on any atom is -0.461 e. The number of benzene rings is 2. The molecule has 0 saturated carbocycles. The van der Waals surface area contributed by atoms with Gasteiger partial charge < -0.3 is 10.1 Å². The first-order valence-electron chi connectivity index (χ1n) is 11.1. The zero-order valence-electron chi connectivity index (χ0n) is 19.2. The monoisotopic (exact) mass is 433 g/mol. The standard InChI is InChI=1S/C26H31N3O3/c1-5-32-26(31)23-17-24(18(2)3)29(28-23)22-15-13-21(14-16-22)25(30)27-19(4)11-12-20-9-7-6-8-10-20/h6-10,13-19H,5,11-12H2,1-4H3,(H,27,30)/t19-/m1/s1. The van der Waals surface area contributed by atoms with Gasteiger partial charge in [0.2, 0.25) is 0 Å². The number of hydrogen-bond acceptors (Lipinski definition) is 4. The van der Waals surface area contributed by atoms with Crippen molar-refractivity contribution >= 4 is 11.9 Å². The van der Waals surface area contributed by atoms with Crippen LogP contribution < -0.4 is 5.32 Å². The highest BCUT2D eigenvalue weighted by Crippen LogP contribution is 2.21. The van der Waals surface area contributed by atoms with Gasteiger partial charge in [0.1, 0.15) is 0 Å². The second-order valence-electron chi connectivity index (χ2n) is 8.19. The third-order valence-electron chi connectivity index (χ3n) is 5.27. The molecule has 32 heavy (non-hydrogen) atoms. The quantitative estimate of drug-likeness (QED) is 0.486. The third kappa shape index (κ3) is 5.84. The van der Waals surface area contributed by atoms with Crippen LogP contribution in [0.5, 0.6) is 0 Å². The normalized spacial score (nSPS) is 11.9. The van der Waals surface area contributed by atoms with Crippen LogP contribution in [0.4, 0.5) is 0 Å². The highest BCUT2D eigenvalue weighted by Gasteiger charge is 2.18. The third-order valence-corrected chi connectivity index (χ3v) is 5.27. The molecule has 0 unspecified atom stereocenters. The summed E-state index contributed by atoms with van der Waals surface area (Å²) in [6.45, 7) is 8.17. The Morgan fingerprint density at radius 3 is 2.34 bits per heavy atom. The summed E-state index contributed by atoms with van der Waals surface area (Å²) in [5.41, 5.74) is 3.83. The zero-order chi connectivity index (χ0) is 23.1. The van der Waals surface area contributed by atoms with E-state index in [0.29, 0.717) is 12.2 Å². The van der Waals surface area contributed by atoms with Gasteiger partial charge in [-0.15, -0.1) is 0 Å². The van der Waals surface area contributed by atoms with E-state index in [1.165, 1.54) is 5.56 Å². The summed E-state index contributed by atoms with van der Waals surface area (Å²) >= 11 is 0. The average Bonchev–Trinajstić information content (AvgIpc) is 3.25. The van der Waals surface area contributed by atoms with Gasteiger partial charge in [0.25, 0.3) is 5.91 Å². The van der Waals surface area contributed by atoms with Gasteiger partial charge in [0.05, 0.1) is 12.3 Å². The number of amides is 1. The molecule has 1 heterocycles. The summed E-state index contributed by atoms with van der Waals surface area (Å²) in [6, 6.07) is 19.3. The van der Waals surface area contributed by atoms with Crippen LogP contribution in [-0.4, -0.2) is 34.3 Å². The van der Waals surface area contributed by atoms with Gasteiger partial charge in [-0.3, -0.25) is 4.79 Å². The zero-order valence-corrected chi connectivity index (χ0v) is 19.2. The van der Waals surface area contributed by atoms with E-state index in [2.05, 4.69) is 22.5 Å². The number of nitrogens with zero attached hydrogens (tertiary/aromatic N) is 2. The SMILES string of the molecule is CCOC(=O)c1cc(C(C)C)n(-c2ccc(C(=O)N[C@H](C)CCc3ccccc3)cc2)n1. The first-order valence-corrected chi connectivity index (χ1v) is 11.1. The Morgan fingerprint density at radius 1 is 1.03 bits per heavy atom. The van der Waals surface area contributed by atoms with Crippen molar-refractivity contribution in [1.29, 1.82) is 0 Å². The average molecular weight is 434 g/mol. The largest absolute Gasteiger partial charge is 0.461 e. The number of carbonyl (C=O) groups is 2. The molecule has 0 saturated heterocycles. The highest BCUT2D eigenvalue weighted by molar-refractivity contribution is 5.94. The molecule has 3 aromatic rings. The molecule has 0 radical (unpaired) electrons. The number of rotatable bonds is 9. The van der Waals surface area contributed by atoms with E-state index in [1.807, 2.05) is 51.1 Å². The Hall–Kier alpha value is -3.41. The molecule has 0 bridgehead atoms. The van der Waals surface area contributed by atoms with E-state index in [-0.39, 0.29) is 23.6 Å². The van der Waals surface area contributed by atoms with E-state index in [1.54, 1.807) is 29.8 Å². The van der Waals surface area contributed by atoms with Gasteiger partial charge in [-0.05, 0) is 68.5 Å². The van der Waals surface area contributed by atoms with E-state index >= 15 is 0 Å². The Kier molecular flexibility index (Phi) is 7.82. The molecule has 6 heteroatoms. The van der Waals surface area contributed by atoms with Crippen LogP contribution >= 0.6 is 0 Å². The van der Waals surface area contributed by atoms with E-state index in [0.717, 1.165) is 24.2 Å². The molecule has 0 aliphatic carbocycles. The topological polar surface area (TPSA) is 73.2 Å². The fraction of sp³-hybridized carbons (Fsp3) is 0.346. The van der Waals surface area contributed by atoms with Crippen LogP contribution in [0.25, 0.3) is 5.69 Å². The molecule has 3 rings (SSSR count). The van der Waals surface area contributed by atoms with E-state index in [9.17, 15) is 9.59 Å². The number of nitrogens with one attached hydrogen (secondary N) is 1. The summed E-state index contributed by atoms with van der Waals surface area (Å²) in [5.74, 6) is -0.373. The number of aryl methyl sites for hydroxylation is 1. The summed E-state index contributed by atoms with van der Waals surface area (Å²) < 4.78 is 6.82. The van der Waals surface area contributed by atoms with Crippen molar-refractivity contribution in [2.24, 2.45) is 0 Å². The van der Waals surface area contributed by atoms with Crippen molar-refractivity contribution in [3.8, 4) is 5.69 Å². The fourth-order valence-electron chi connectivity index (χ4n) is 3.48. The maximum Gasteiger partial charge on any atom is 0.358 e.